The lowest BCUT2D eigenvalue weighted by Gasteiger charge is -2.06. The van der Waals surface area contributed by atoms with E-state index in [-0.39, 0.29) is 29.4 Å². The zero-order valence-electron chi connectivity index (χ0n) is 10.5. The predicted octanol–water partition coefficient (Wildman–Crippen LogP) is 2.45. The average molecular weight is 273 g/mol. The van der Waals surface area contributed by atoms with E-state index in [2.05, 4.69) is 5.32 Å². The smallest absolute Gasteiger partial charge is 0.335 e. The first-order valence-electron chi connectivity index (χ1n) is 5.92. The second kappa shape index (κ2) is 5.97. The Morgan fingerprint density at radius 2 is 1.70 bits per heavy atom. The molecule has 0 bridgehead atoms. The molecule has 0 saturated heterocycles. The SMILES string of the molecule is O=C(O)c1cccc(C(=O)NCc2ccc(F)cc2)c1. The number of rotatable bonds is 4. The number of halogens is 1. The van der Waals surface area contributed by atoms with Crippen molar-refractivity contribution in [3.63, 3.8) is 0 Å². The van der Waals surface area contributed by atoms with Crippen molar-refractivity contribution in [2.45, 2.75) is 6.54 Å². The van der Waals surface area contributed by atoms with Crippen LogP contribution in [0.5, 0.6) is 0 Å². The fraction of sp³-hybridized carbons (Fsp3) is 0.0667. The van der Waals surface area contributed by atoms with Crippen LogP contribution >= 0.6 is 0 Å². The summed E-state index contributed by atoms with van der Waals surface area (Å²) in [6.45, 7) is 0.246. The Morgan fingerprint density at radius 3 is 2.35 bits per heavy atom. The molecule has 20 heavy (non-hydrogen) atoms. The molecule has 0 heterocycles. The van der Waals surface area contributed by atoms with E-state index >= 15 is 0 Å². The molecule has 2 aromatic rings. The van der Waals surface area contributed by atoms with Gasteiger partial charge in [0.25, 0.3) is 5.91 Å². The maximum Gasteiger partial charge on any atom is 0.335 e. The highest BCUT2D eigenvalue weighted by molar-refractivity contribution is 5.97. The van der Waals surface area contributed by atoms with Gasteiger partial charge in [-0.1, -0.05) is 18.2 Å². The molecule has 0 radical (unpaired) electrons. The van der Waals surface area contributed by atoms with Crippen LogP contribution in [0.15, 0.2) is 48.5 Å². The van der Waals surface area contributed by atoms with Crippen molar-refractivity contribution in [2.24, 2.45) is 0 Å². The molecule has 0 aliphatic heterocycles. The lowest BCUT2D eigenvalue weighted by Crippen LogP contribution is -2.23. The highest BCUT2D eigenvalue weighted by Crippen LogP contribution is 2.07. The molecule has 102 valence electrons. The molecule has 2 rings (SSSR count). The summed E-state index contributed by atoms with van der Waals surface area (Å²) in [6, 6.07) is 11.5. The Kier molecular flexibility index (Phi) is 4.10. The predicted molar refractivity (Wildman–Crippen MR) is 71.0 cm³/mol. The van der Waals surface area contributed by atoms with E-state index < -0.39 is 5.97 Å². The second-order valence-electron chi connectivity index (χ2n) is 4.20. The van der Waals surface area contributed by atoms with Crippen molar-refractivity contribution < 1.29 is 19.1 Å². The van der Waals surface area contributed by atoms with E-state index in [1.54, 1.807) is 12.1 Å². The number of hydrogen-bond donors (Lipinski definition) is 2. The molecule has 2 N–H and O–H groups in total. The van der Waals surface area contributed by atoms with Crippen molar-refractivity contribution >= 4 is 11.9 Å². The molecule has 0 spiro atoms. The number of carbonyl (C=O) groups is 2. The van der Waals surface area contributed by atoms with Crippen LogP contribution in [0.3, 0.4) is 0 Å². The Bertz CT molecular complexity index is 638. The minimum Gasteiger partial charge on any atom is -0.478 e. The molecular weight excluding hydrogens is 261 g/mol. The van der Waals surface area contributed by atoms with Crippen LogP contribution in [0, 0.1) is 5.82 Å². The summed E-state index contributed by atoms with van der Waals surface area (Å²) < 4.78 is 12.7. The molecule has 5 heteroatoms. The highest BCUT2D eigenvalue weighted by atomic mass is 19.1. The summed E-state index contributed by atoms with van der Waals surface area (Å²) in [6.07, 6.45) is 0. The van der Waals surface area contributed by atoms with Crippen molar-refractivity contribution in [3.05, 3.63) is 71.0 Å². The Labute approximate surface area is 114 Å². The summed E-state index contributed by atoms with van der Waals surface area (Å²) >= 11 is 0. The van der Waals surface area contributed by atoms with Gasteiger partial charge in [-0.15, -0.1) is 0 Å². The van der Waals surface area contributed by atoms with Gasteiger partial charge >= 0.3 is 5.97 Å². The van der Waals surface area contributed by atoms with Gasteiger partial charge in [0.2, 0.25) is 0 Å². The quantitative estimate of drug-likeness (QED) is 0.899. The maximum atomic E-state index is 12.7. The van der Waals surface area contributed by atoms with E-state index in [0.29, 0.717) is 0 Å². The third-order valence-corrected chi connectivity index (χ3v) is 2.74. The normalized spacial score (nSPS) is 10.1. The zero-order chi connectivity index (χ0) is 14.5. The largest absolute Gasteiger partial charge is 0.478 e. The number of carboxylic acids is 1. The first-order chi connectivity index (χ1) is 9.56. The number of carboxylic acid groups (broad SMARTS) is 1. The van der Waals surface area contributed by atoms with Gasteiger partial charge in [0.1, 0.15) is 5.82 Å². The number of nitrogens with one attached hydrogen (secondary N) is 1. The van der Waals surface area contributed by atoms with Crippen LogP contribution < -0.4 is 5.32 Å². The maximum absolute atomic E-state index is 12.7. The van der Waals surface area contributed by atoms with Gasteiger partial charge in [0.15, 0.2) is 0 Å². The Balaban J connectivity index is 2.03. The average Bonchev–Trinajstić information content (AvgIpc) is 2.46. The van der Waals surface area contributed by atoms with E-state index in [1.165, 1.54) is 36.4 Å². The molecule has 0 saturated carbocycles. The second-order valence-corrected chi connectivity index (χ2v) is 4.20. The fourth-order valence-corrected chi connectivity index (χ4v) is 1.68. The first-order valence-corrected chi connectivity index (χ1v) is 5.92. The summed E-state index contributed by atoms with van der Waals surface area (Å²) in [5.74, 6) is -1.80. The summed E-state index contributed by atoms with van der Waals surface area (Å²) in [5.41, 5.74) is 1.08. The molecular formula is C15H12FNO3. The monoisotopic (exact) mass is 273 g/mol. The van der Waals surface area contributed by atoms with Crippen molar-refractivity contribution in [1.29, 1.82) is 0 Å². The van der Waals surface area contributed by atoms with Gasteiger partial charge in [-0.25, -0.2) is 9.18 Å². The van der Waals surface area contributed by atoms with Gasteiger partial charge in [0.05, 0.1) is 5.56 Å². The standard InChI is InChI=1S/C15H12FNO3/c16-13-6-4-10(5-7-13)9-17-14(18)11-2-1-3-12(8-11)15(19)20/h1-8H,9H2,(H,17,18)(H,19,20). The Hall–Kier alpha value is -2.69. The molecule has 0 fully saturated rings. The Morgan fingerprint density at radius 1 is 1.05 bits per heavy atom. The molecule has 0 aromatic heterocycles. The fourth-order valence-electron chi connectivity index (χ4n) is 1.68. The van der Waals surface area contributed by atoms with Crippen LogP contribution in [-0.4, -0.2) is 17.0 Å². The summed E-state index contributed by atoms with van der Waals surface area (Å²) in [4.78, 5) is 22.7. The number of amides is 1. The number of aromatic carboxylic acids is 1. The molecule has 1 amide bonds. The van der Waals surface area contributed by atoms with Crippen LogP contribution in [0.25, 0.3) is 0 Å². The summed E-state index contributed by atoms with van der Waals surface area (Å²) in [5, 5.41) is 11.5. The van der Waals surface area contributed by atoms with Gasteiger partial charge in [0, 0.05) is 12.1 Å². The third-order valence-electron chi connectivity index (χ3n) is 2.74. The van der Waals surface area contributed by atoms with Gasteiger partial charge in [-0.05, 0) is 35.9 Å². The van der Waals surface area contributed by atoms with Crippen LogP contribution in [0.2, 0.25) is 0 Å². The lowest BCUT2D eigenvalue weighted by molar-refractivity contribution is 0.0697. The van der Waals surface area contributed by atoms with Gasteiger partial charge in [-0.2, -0.15) is 0 Å². The molecule has 2 aromatic carbocycles. The lowest BCUT2D eigenvalue weighted by atomic mass is 10.1. The molecule has 4 nitrogen and oxygen atoms in total. The number of carbonyl (C=O) groups excluding carboxylic acids is 1. The topological polar surface area (TPSA) is 66.4 Å². The highest BCUT2D eigenvalue weighted by Gasteiger charge is 2.09. The van der Waals surface area contributed by atoms with Crippen LogP contribution in [-0.2, 0) is 6.54 Å². The van der Waals surface area contributed by atoms with Gasteiger partial charge in [-0.3, -0.25) is 4.79 Å². The molecule has 0 aliphatic carbocycles. The van der Waals surface area contributed by atoms with Crippen LogP contribution in [0.1, 0.15) is 26.3 Å². The van der Waals surface area contributed by atoms with Crippen LogP contribution in [0.4, 0.5) is 4.39 Å². The third kappa shape index (κ3) is 3.41. The van der Waals surface area contributed by atoms with E-state index in [9.17, 15) is 14.0 Å². The number of hydrogen-bond acceptors (Lipinski definition) is 2. The minimum atomic E-state index is -1.09. The minimum absolute atomic E-state index is 0.0550. The van der Waals surface area contributed by atoms with E-state index in [0.717, 1.165) is 5.56 Å². The first kappa shape index (κ1) is 13.7. The molecule has 0 unspecified atom stereocenters. The number of benzene rings is 2. The molecule has 0 atom stereocenters. The summed E-state index contributed by atoms with van der Waals surface area (Å²) in [7, 11) is 0. The zero-order valence-corrected chi connectivity index (χ0v) is 10.5. The van der Waals surface area contributed by atoms with E-state index in [4.69, 9.17) is 5.11 Å². The molecule has 0 aliphatic rings. The van der Waals surface area contributed by atoms with E-state index in [1.807, 2.05) is 0 Å². The van der Waals surface area contributed by atoms with Crippen molar-refractivity contribution in [3.8, 4) is 0 Å². The van der Waals surface area contributed by atoms with Crippen molar-refractivity contribution in [1.82, 2.24) is 5.32 Å². The van der Waals surface area contributed by atoms with Crippen molar-refractivity contribution in [2.75, 3.05) is 0 Å². The van der Waals surface area contributed by atoms with Gasteiger partial charge < -0.3 is 10.4 Å².